The molecule has 4 N–H and O–H groups in total. The first-order valence-electron chi connectivity index (χ1n) is 58.8. The Labute approximate surface area is 896 Å². The number of Topliss-reactive ketones (excluding diaryl/α,β-unsaturated/α-hetero) is 2. The molecule has 9 nitrogen and oxygen atoms in total. The van der Waals surface area contributed by atoms with Crippen LogP contribution in [0.1, 0.15) is 465 Å². The molecule has 141 heavy (non-hydrogen) atoms. The Bertz CT molecular complexity index is 3870. The molecule has 24 atom stereocenters. The standard InChI is InChI=1S/C35H62OSi.C27H44O3.C24H46O2Si.C18H32O2.C11H19OP2.C6H15ClSi.C4H9.Li/c1-11-37(12-2,13-3)36-34(8,9)22-14-16-26(4)32-20-21-33-31(17-15-23-35(32,33)10)19-18-30-24-27(5)29(7)28(6)25-30;1-18(8-6-14-26(3,4)30)22-12-13-23-21(9-7-15-27(22,23)5)11-10-20-16-24(28)19(2)25(29)17-20;1-8-27(9-2,10-3)26-23(5,6)17-11-13-19(4)20-15-16-21-22(25)14-12-18-24(20,21)7;1-13(7-5-11-17(2,3)20)14-9-10-15-16(19)8-6-12-18(14,15)4;1-8-6-11(4-5-14(12)13)7-9(2)10(8)3;1-4-8(7,5-2)6-3;1-3-4-2;/h18-19,26-28,32-33H,7,11-17,20-25H2,1-6,8-10H3;10-11,18,22-25,28-30H,2,6-9,12-17H2,1,3-5H3;19-21H,8-18H2,1-7H3;13-15,20H,5-12H2,1-4H3;4,8-9H,3,5-7,13H2,1-2H3;4-6H2,1-3H3;1,3-4H2,2H3;/q;;;;+1;;-1;+1/b31-19+;21-11+;;;;;;/t26-,27+,28+,32?,33-,35+;18-,22?,23-,24+,25+,27+;19-,20?,21-,24+;13-,14?,15-,18+;8-,9-;;;/m00001.../s1. The van der Waals surface area contributed by atoms with E-state index in [4.69, 9.17) is 19.9 Å². The summed E-state index contributed by atoms with van der Waals surface area (Å²) in [7, 11) is -3.01. The first-order valence-corrected chi connectivity index (χ1v) is 70.6. The zero-order valence-corrected chi connectivity index (χ0v) is 104. The van der Waals surface area contributed by atoms with E-state index in [2.05, 4.69) is 246 Å². The van der Waals surface area contributed by atoms with Gasteiger partial charge in [0, 0.05) is 24.7 Å². The van der Waals surface area contributed by atoms with Gasteiger partial charge in [-0.05, 0) is 406 Å². The number of fused-ring (bicyclic) bond motifs is 4. The smallest absolute Gasteiger partial charge is 0.412 e. The summed E-state index contributed by atoms with van der Waals surface area (Å²) in [5, 5.41) is 40.1. The molecule has 0 aromatic heterocycles. The van der Waals surface area contributed by atoms with E-state index in [1.165, 1.54) is 225 Å². The van der Waals surface area contributed by atoms with Crippen molar-refractivity contribution in [3.63, 3.8) is 0 Å². The SMILES string of the molecule is C=C1[C@H](C)CC(=C/C=C2\CCC[C@]3(C)C([C@@H](C)CCCC(C)(C)O[Si](CC)(CC)CC)CC[C@@H]23)C[C@H]1C.C=C1[C@H](C)CC(=CC[P+](=O)P)C[C@H]1C.C=C1[C@H](O)CC(=C/C=C2\CCC[C@]3(C)C([C@@H](C)CCCC(C)(C)O)CC[C@@H]23)C[C@H]1O.CC[Si](CC)(CC)OC(C)(C)CCC[C@H](C)C1CC[C@H]2C(=O)CCC[C@]12C.CC[Si](Cl)(CC)CC.C[C@@H](CCCC(C)(C)O)C1CC[C@H]2C(=O)CCC[C@]12C.[CH2-]CCC.[Li+]. The van der Waals surface area contributed by atoms with Crippen LogP contribution in [0.25, 0.3) is 0 Å². The van der Waals surface area contributed by atoms with Crippen molar-refractivity contribution in [2.24, 2.45) is 116 Å². The second kappa shape index (κ2) is 60.7. The number of allylic oxidation sites excluding steroid dienone is 11. The number of aliphatic hydroxyl groups is 4. The van der Waals surface area contributed by atoms with E-state index < -0.39 is 54.9 Å². The number of hydrogen-bond acceptors (Lipinski definition) is 9. The Hall–Kier alpha value is -0.912. The molecule has 11 saturated carbocycles. The molecule has 0 saturated heterocycles. The predicted molar refractivity (Wildman–Crippen MR) is 622 cm³/mol. The molecule has 11 rings (SSSR count). The molecular weight excluding hydrogens is 1830 g/mol. The molecule has 6 unspecified atom stereocenters. The van der Waals surface area contributed by atoms with Gasteiger partial charge in [0.1, 0.15) is 20.5 Å². The van der Waals surface area contributed by atoms with Crippen molar-refractivity contribution in [3.8, 4) is 0 Å². The first-order chi connectivity index (χ1) is 65.4. The maximum absolute atomic E-state index is 12.4. The fourth-order valence-corrected chi connectivity index (χ4v) is 38.5. The van der Waals surface area contributed by atoms with E-state index in [0.717, 1.165) is 131 Å². The number of carbonyl (C=O) groups is 2. The van der Waals surface area contributed by atoms with E-state index in [-0.39, 0.29) is 40.9 Å². The van der Waals surface area contributed by atoms with Crippen molar-refractivity contribution in [1.82, 2.24) is 0 Å². The minimum atomic E-state index is -1.55. The van der Waals surface area contributed by atoms with Crippen LogP contribution in [0.2, 0.25) is 54.4 Å². The minimum Gasteiger partial charge on any atom is -0.412 e. The number of rotatable bonds is 38. The number of carbonyl (C=O) groups excluding carboxylic acids is 2. The van der Waals surface area contributed by atoms with Gasteiger partial charge in [0.15, 0.2) is 30.2 Å². The zero-order chi connectivity index (χ0) is 106. The van der Waals surface area contributed by atoms with Crippen LogP contribution in [0.4, 0.5) is 0 Å². The Balaban J connectivity index is 0.000000365. The summed E-state index contributed by atoms with van der Waals surface area (Å²) in [6, 6.07) is 11.1. The third-order valence-electron chi connectivity index (χ3n) is 39.8. The Morgan fingerprint density at radius 1 is 0.440 bits per heavy atom. The second-order valence-corrected chi connectivity index (χ2v) is 71.0. The Morgan fingerprint density at radius 2 is 0.709 bits per heavy atom. The van der Waals surface area contributed by atoms with Crippen LogP contribution in [-0.2, 0) is 23.0 Å². The molecule has 11 aliphatic rings. The minimum absolute atomic E-state index is 0. The Kier molecular flexibility index (Phi) is 57.0. The fourth-order valence-electron chi connectivity index (χ4n) is 29.8. The second-order valence-electron chi connectivity index (χ2n) is 51.9. The van der Waals surface area contributed by atoms with Gasteiger partial charge in [0.25, 0.3) is 0 Å². The normalized spacial score (nSPS) is 31.3. The number of ketones is 2. The van der Waals surface area contributed by atoms with Gasteiger partial charge in [-0.3, -0.25) is 9.59 Å². The van der Waals surface area contributed by atoms with Crippen molar-refractivity contribution in [1.29, 1.82) is 0 Å². The number of hydrogen-bond donors (Lipinski definition) is 4. The quantitative estimate of drug-likeness (QED) is 0.0156. The summed E-state index contributed by atoms with van der Waals surface area (Å²) in [4.78, 5) is 24.6. The zero-order valence-electron chi connectivity index (χ0n) is 98.2. The summed E-state index contributed by atoms with van der Waals surface area (Å²) < 4.78 is 24.7. The van der Waals surface area contributed by atoms with E-state index >= 15 is 0 Å². The van der Waals surface area contributed by atoms with Gasteiger partial charge in [-0.25, -0.2) is 0 Å². The van der Waals surface area contributed by atoms with Crippen molar-refractivity contribution in [2.75, 3.05) is 6.16 Å². The van der Waals surface area contributed by atoms with E-state index in [0.29, 0.717) is 106 Å². The average molecular weight is 2060 g/mol. The monoisotopic (exact) mass is 2060 g/mol. The summed E-state index contributed by atoms with van der Waals surface area (Å²) in [6.07, 6.45) is 57.8. The van der Waals surface area contributed by atoms with Gasteiger partial charge in [0.2, 0.25) is 0 Å². The molecule has 0 aromatic rings. The molecule has 16 heteroatoms. The van der Waals surface area contributed by atoms with E-state index in [1.807, 2.05) is 27.7 Å². The van der Waals surface area contributed by atoms with Gasteiger partial charge < -0.3 is 36.2 Å². The molecule has 11 aliphatic carbocycles. The molecule has 0 radical (unpaired) electrons. The van der Waals surface area contributed by atoms with Crippen LogP contribution in [0.3, 0.4) is 0 Å². The summed E-state index contributed by atoms with van der Waals surface area (Å²) in [5.74, 6) is 11.8. The van der Waals surface area contributed by atoms with E-state index in [9.17, 15) is 34.6 Å². The average Bonchev–Trinajstić information content (AvgIpc) is 1.62. The molecule has 0 amide bonds. The third-order valence-corrected chi connectivity index (χ3v) is 56.9. The molecule has 810 valence electrons. The Morgan fingerprint density at radius 3 is 0.979 bits per heavy atom. The molecule has 0 spiro atoms. The largest absolute Gasteiger partial charge is 1.00 e. The van der Waals surface area contributed by atoms with Crippen molar-refractivity contribution in [3.05, 3.63) is 102 Å². The van der Waals surface area contributed by atoms with Crippen molar-refractivity contribution >= 4 is 63.1 Å². The predicted octanol–water partition coefficient (Wildman–Crippen LogP) is 34.7. The van der Waals surface area contributed by atoms with Gasteiger partial charge in [0.05, 0.1) is 34.6 Å². The maximum Gasteiger partial charge on any atom is 1.00 e. The molecule has 11 fully saturated rings. The van der Waals surface area contributed by atoms with Crippen LogP contribution in [0, 0.1) is 123 Å². The van der Waals surface area contributed by atoms with Gasteiger partial charge in [-0.15, -0.1) is 0 Å². The van der Waals surface area contributed by atoms with Gasteiger partial charge >= 0.3 is 26.4 Å². The van der Waals surface area contributed by atoms with Crippen LogP contribution in [0.15, 0.2) is 94.7 Å². The number of halogens is 1. The summed E-state index contributed by atoms with van der Waals surface area (Å²) in [5.41, 5.74) is 11.4. The van der Waals surface area contributed by atoms with Crippen LogP contribution in [0.5, 0.6) is 0 Å². The van der Waals surface area contributed by atoms with E-state index in [1.54, 1.807) is 16.7 Å². The van der Waals surface area contributed by atoms with Gasteiger partial charge in [-0.2, -0.15) is 17.5 Å². The summed E-state index contributed by atoms with van der Waals surface area (Å²) >= 11 is 6.23. The number of aliphatic hydroxyl groups excluding tert-OH is 2. The van der Waals surface area contributed by atoms with Crippen LogP contribution < -0.4 is 18.9 Å². The van der Waals surface area contributed by atoms with Gasteiger partial charge in [-0.1, -0.05) is 298 Å². The van der Waals surface area contributed by atoms with Crippen molar-refractivity contribution in [2.45, 2.75) is 554 Å². The van der Waals surface area contributed by atoms with Crippen molar-refractivity contribution < 1.29 is 62.3 Å². The summed E-state index contributed by atoms with van der Waals surface area (Å²) in [6.45, 7) is 84.6. The molecule has 0 aliphatic heterocycles. The fraction of sp³-hybridized carbons (Fsp3) is 0.848. The maximum atomic E-state index is 12.4. The molecular formula is C125H227ClLiO9P2Si3+. The topological polar surface area (TPSA) is 151 Å². The molecule has 0 heterocycles. The molecule has 0 bridgehead atoms. The number of unbranched alkanes of at least 4 members (excludes halogenated alkanes) is 1. The third kappa shape index (κ3) is 39.2. The van der Waals surface area contributed by atoms with Crippen LogP contribution >= 0.6 is 27.5 Å². The first kappa shape index (κ1) is 132. The van der Waals surface area contributed by atoms with Crippen LogP contribution in [-0.4, -0.2) is 96.8 Å². The molecule has 0 aromatic carbocycles.